The SMILES string of the molecule is CC(=O)OCC1=C(C(=O)O)N2C(=O)[C@@H](NC(=O)c3ccc(COc4cccc(C)c4)o3)[C@H]2SC1. The number of thioether (sulfide) groups is 1. The number of esters is 1. The summed E-state index contributed by atoms with van der Waals surface area (Å²) < 4.78 is 16.1. The molecule has 3 heterocycles. The van der Waals surface area contributed by atoms with Crippen molar-refractivity contribution >= 4 is 35.5 Å². The van der Waals surface area contributed by atoms with Gasteiger partial charge in [-0.05, 0) is 36.8 Å². The number of amides is 2. The third-order valence-corrected chi connectivity index (χ3v) is 6.58. The largest absolute Gasteiger partial charge is 0.486 e. The van der Waals surface area contributed by atoms with Gasteiger partial charge in [-0.2, -0.15) is 0 Å². The first-order valence-corrected chi connectivity index (χ1v) is 11.4. The van der Waals surface area contributed by atoms with Gasteiger partial charge in [0.2, 0.25) is 0 Å². The van der Waals surface area contributed by atoms with Crippen molar-refractivity contribution in [3.63, 3.8) is 0 Å². The molecule has 0 radical (unpaired) electrons. The van der Waals surface area contributed by atoms with Crippen LogP contribution in [0, 0.1) is 6.92 Å². The summed E-state index contributed by atoms with van der Waals surface area (Å²) in [5.74, 6) is -1.62. The first-order valence-electron chi connectivity index (χ1n) is 10.4. The van der Waals surface area contributed by atoms with Gasteiger partial charge in [0.15, 0.2) is 5.76 Å². The van der Waals surface area contributed by atoms with E-state index in [1.807, 2.05) is 31.2 Å². The fourth-order valence-electron chi connectivity index (χ4n) is 3.63. The number of carboxylic acids is 1. The van der Waals surface area contributed by atoms with Gasteiger partial charge in [-0.1, -0.05) is 12.1 Å². The number of nitrogens with one attached hydrogen (secondary N) is 1. The molecule has 10 nitrogen and oxygen atoms in total. The van der Waals surface area contributed by atoms with E-state index in [1.54, 1.807) is 6.07 Å². The maximum absolute atomic E-state index is 12.7. The fraction of sp³-hybridized carbons (Fsp3) is 0.304. The molecule has 2 aliphatic heterocycles. The predicted molar refractivity (Wildman–Crippen MR) is 120 cm³/mol. The summed E-state index contributed by atoms with van der Waals surface area (Å²) in [7, 11) is 0. The minimum absolute atomic E-state index is 0.0134. The molecule has 0 bridgehead atoms. The van der Waals surface area contributed by atoms with Crippen LogP contribution in [0.5, 0.6) is 5.75 Å². The number of carbonyl (C=O) groups excluding carboxylic acids is 3. The highest BCUT2D eigenvalue weighted by atomic mass is 32.2. The van der Waals surface area contributed by atoms with E-state index in [2.05, 4.69) is 5.32 Å². The Morgan fingerprint density at radius 1 is 1.24 bits per heavy atom. The molecular formula is C23H22N2O8S. The lowest BCUT2D eigenvalue weighted by molar-refractivity contribution is -0.149. The van der Waals surface area contributed by atoms with E-state index in [0.717, 1.165) is 10.5 Å². The number of furan rings is 1. The van der Waals surface area contributed by atoms with Crippen molar-refractivity contribution in [1.82, 2.24) is 10.2 Å². The molecule has 2 aromatic rings. The number of carbonyl (C=O) groups is 4. The van der Waals surface area contributed by atoms with Gasteiger partial charge < -0.3 is 24.3 Å². The zero-order valence-electron chi connectivity index (χ0n) is 18.4. The smallest absolute Gasteiger partial charge is 0.352 e. The molecule has 0 saturated carbocycles. The molecule has 1 saturated heterocycles. The van der Waals surface area contributed by atoms with Crippen molar-refractivity contribution in [3.8, 4) is 5.75 Å². The van der Waals surface area contributed by atoms with Crippen molar-refractivity contribution in [2.45, 2.75) is 31.9 Å². The number of aliphatic carboxylic acids is 1. The van der Waals surface area contributed by atoms with Crippen LogP contribution in [0.3, 0.4) is 0 Å². The van der Waals surface area contributed by atoms with Crippen LogP contribution in [0.25, 0.3) is 0 Å². The number of hydrogen-bond donors (Lipinski definition) is 2. The zero-order valence-corrected chi connectivity index (χ0v) is 19.2. The van der Waals surface area contributed by atoms with E-state index in [0.29, 0.717) is 17.1 Å². The number of nitrogens with zero attached hydrogens (tertiary/aromatic N) is 1. The number of ether oxygens (including phenoxy) is 2. The summed E-state index contributed by atoms with van der Waals surface area (Å²) in [5, 5.41) is 11.6. The van der Waals surface area contributed by atoms with Gasteiger partial charge >= 0.3 is 11.9 Å². The molecule has 1 aromatic carbocycles. The van der Waals surface area contributed by atoms with Gasteiger partial charge in [0.1, 0.15) is 41.8 Å². The molecule has 11 heteroatoms. The van der Waals surface area contributed by atoms with Crippen LogP contribution in [0.15, 0.2) is 52.1 Å². The van der Waals surface area contributed by atoms with E-state index in [1.165, 1.54) is 24.8 Å². The average Bonchev–Trinajstić information content (AvgIpc) is 3.28. The van der Waals surface area contributed by atoms with Gasteiger partial charge in [-0.15, -0.1) is 11.8 Å². The van der Waals surface area contributed by atoms with Crippen LogP contribution in [0.1, 0.15) is 28.8 Å². The van der Waals surface area contributed by atoms with Crippen molar-refractivity contribution in [3.05, 3.63) is 64.8 Å². The molecule has 1 aromatic heterocycles. The first kappa shape index (κ1) is 23.4. The Morgan fingerprint density at radius 3 is 2.74 bits per heavy atom. The zero-order chi connectivity index (χ0) is 24.4. The van der Waals surface area contributed by atoms with Crippen molar-refractivity contribution in [1.29, 1.82) is 0 Å². The predicted octanol–water partition coefficient (Wildman–Crippen LogP) is 2.08. The van der Waals surface area contributed by atoms with Gasteiger partial charge in [0.25, 0.3) is 11.8 Å². The maximum atomic E-state index is 12.7. The lowest BCUT2D eigenvalue weighted by Crippen LogP contribution is -2.70. The number of rotatable bonds is 8. The van der Waals surface area contributed by atoms with Crippen LogP contribution in [0.4, 0.5) is 0 Å². The van der Waals surface area contributed by atoms with E-state index < -0.39 is 35.2 Å². The second-order valence-corrected chi connectivity index (χ2v) is 8.87. The molecule has 34 heavy (non-hydrogen) atoms. The molecule has 2 N–H and O–H groups in total. The van der Waals surface area contributed by atoms with E-state index in [-0.39, 0.29) is 30.4 Å². The topological polar surface area (TPSA) is 135 Å². The molecule has 178 valence electrons. The molecule has 2 amide bonds. The highest BCUT2D eigenvalue weighted by Crippen LogP contribution is 2.40. The lowest BCUT2D eigenvalue weighted by Gasteiger charge is -2.49. The van der Waals surface area contributed by atoms with Gasteiger partial charge in [-0.3, -0.25) is 19.3 Å². The Bertz CT molecular complexity index is 1190. The Kier molecular flexibility index (Phi) is 6.64. The van der Waals surface area contributed by atoms with Crippen molar-refractivity contribution < 1.29 is 38.2 Å². The molecule has 4 rings (SSSR count). The number of aryl methyl sites for hydroxylation is 1. The quantitative estimate of drug-likeness (QED) is 0.425. The normalized spacial score (nSPS) is 19.2. The number of carboxylic acid groups (broad SMARTS) is 1. The molecule has 0 spiro atoms. The Hall–Kier alpha value is -3.73. The average molecular weight is 487 g/mol. The summed E-state index contributed by atoms with van der Waals surface area (Å²) >= 11 is 1.28. The Balaban J connectivity index is 1.38. The van der Waals surface area contributed by atoms with Gasteiger partial charge in [-0.25, -0.2) is 4.79 Å². The number of fused-ring (bicyclic) bond motifs is 1. The fourth-order valence-corrected chi connectivity index (χ4v) is 4.96. The minimum Gasteiger partial charge on any atom is -0.486 e. The Labute approximate surface area is 198 Å². The van der Waals surface area contributed by atoms with Crippen LogP contribution in [-0.2, 0) is 25.7 Å². The highest BCUT2D eigenvalue weighted by molar-refractivity contribution is 8.00. The molecular weight excluding hydrogens is 464 g/mol. The molecule has 2 aliphatic rings. The summed E-state index contributed by atoms with van der Waals surface area (Å²) in [6.45, 7) is 3.08. The summed E-state index contributed by atoms with van der Waals surface area (Å²) in [6.07, 6.45) is 0. The van der Waals surface area contributed by atoms with E-state index in [9.17, 15) is 24.3 Å². The standard InChI is InChI=1S/C23H22N2O8S/c1-12-4-3-5-15(8-12)32-10-16-6-7-17(33-16)20(27)24-18-21(28)25-19(23(29)30)14(9-31-13(2)26)11-34-22(18)25/h3-8,18,22H,9-11H2,1-2H3,(H,24,27)(H,29,30)/t18-,22-/m1/s1. The van der Waals surface area contributed by atoms with E-state index >= 15 is 0 Å². The second-order valence-electron chi connectivity index (χ2n) is 7.77. The van der Waals surface area contributed by atoms with Crippen LogP contribution >= 0.6 is 11.8 Å². The Morgan fingerprint density at radius 2 is 2.03 bits per heavy atom. The second kappa shape index (κ2) is 9.64. The van der Waals surface area contributed by atoms with Crippen LogP contribution in [0.2, 0.25) is 0 Å². The van der Waals surface area contributed by atoms with Crippen molar-refractivity contribution in [2.75, 3.05) is 12.4 Å². The van der Waals surface area contributed by atoms with Crippen LogP contribution < -0.4 is 10.1 Å². The lowest BCUT2D eigenvalue weighted by atomic mass is 10.0. The minimum atomic E-state index is -1.30. The summed E-state index contributed by atoms with van der Waals surface area (Å²) in [5.41, 5.74) is 1.16. The number of hydrogen-bond acceptors (Lipinski definition) is 8. The molecule has 0 aliphatic carbocycles. The van der Waals surface area contributed by atoms with Crippen LogP contribution in [-0.4, -0.2) is 57.5 Å². The van der Waals surface area contributed by atoms with Crippen molar-refractivity contribution in [2.24, 2.45) is 0 Å². The first-order chi connectivity index (χ1) is 16.2. The van der Waals surface area contributed by atoms with Gasteiger partial charge in [0.05, 0.1) is 0 Å². The number of benzene rings is 1. The summed E-state index contributed by atoms with van der Waals surface area (Å²) in [6, 6.07) is 9.71. The van der Waals surface area contributed by atoms with E-state index in [4.69, 9.17) is 13.9 Å². The molecule has 1 fully saturated rings. The third-order valence-electron chi connectivity index (χ3n) is 5.24. The third kappa shape index (κ3) is 4.79. The monoisotopic (exact) mass is 486 g/mol. The molecule has 0 unspecified atom stereocenters. The molecule has 2 atom stereocenters. The van der Waals surface area contributed by atoms with Gasteiger partial charge in [0, 0.05) is 18.2 Å². The summed E-state index contributed by atoms with van der Waals surface area (Å²) in [4.78, 5) is 49.3. The highest BCUT2D eigenvalue weighted by Gasteiger charge is 2.54. The maximum Gasteiger partial charge on any atom is 0.352 e. The number of β-lactam (4-membered cyclic amide) rings is 1.